The van der Waals surface area contributed by atoms with E-state index < -0.39 is 0 Å². The van der Waals surface area contributed by atoms with E-state index >= 15 is 0 Å². The van der Waals surface area contributed by atoms with E-state index in [0.717, 1.165) is 0 Å². The van der Waals surface area contributed by atoms with E-state index in [4.69, 9.17) is 0 Å². The van der Waals surface area contributed by atoms with Gasteiger partial charge in [-0.25, -0.2) is 0 Å². The third kappa shape index (κ3) is 2.79. The van der Waals surface area contributed by atoms with Gasteiger partial charge in [0.05, 0.1) is 7.57 Å². The molecule has 2 aromatic rings. The summed E-state index contributed by atoms with van der Waals surface area (Å²) in [7, 11) is 0. The first-order chi connectivity index (χ1) is 6.74. The van der Waals surface area contributed by atoms with Crippen LogP contribution in [0.4, 0.5) is 0 Å². The van der Waals surface area contributed by atoms with Gasteiger partial charge in [0, 0.05) is 9.75 Å². The predicted octanol–water partition coefficient (Wildman–Crippen LogP) is 5.51. The zero-order chi connectivity index (χ0) is 9.97. The Labute approximate surface area is 108 Å². The Morgan fingerprint density at radius 2 is 1.21 bits per heavy atom. The maximum Gasteiger partial charge on any atom is 0.0704 e. The highest BCUT2D eigenvalue weighted by Gasteiger charge is 1.94. The summed E-state index contributed by atoms with van der Waals surface area (Å²) in [6.45, 7) is 0. The van der Waals surface area contributed by atoms with Gasteiger partial charge >= 0.3 is 0 Å². The summed E-state index contributed by atoms with van der Waals surface area (Å²) >= 11 is 10.4. The number of hydrogen-bond acceptors (Lipinski definition) is 2. The second-order valence-corrected chi connectivity index (χ2v) is 7.61. The van der Waals surface area contributed by atoms with E-state index in [0.29, 0.717) is 0 Å². The van der Waals surface area contributed by atoms with E-state index in [1.54, 1.807) is 22.7 Å². The van der Waals surface area contributed by atoms with Crippen LogP contribution in [0.15, 0.2) is 31.8 Å². The van der Waals surface area contributed by atoms with Crippen molar-refractivity contribution in [1.29, 1.82) is 0 Å². The van der Waals surface area contributed by atoms with Crippen LogP contribution in [-0.2, 0) is 0 Å². The Kier molecular flexibility index (Phi) is 3.60. The van der Waals surface area contributed by atoms with Gasteiger partial charge in [-0.05, 0) is 68.3 Å². The van der Waals surface area contributed by atoms with Crippen LogP contribution in [0.3, 0.4) is 0 Å². The monoisotopic (exact) mass is 348 g/mol. The first-order valence-electron chi connectivity index (χ1n) is 3.93. The number of halogens is 2. The van der Waals surface area contributed by atoms with E-state index in [9.17, 15) is 0 Å². The van der Waals surface area contributed by atoms with Gasteiger partial charge in [-0.1, -0.05) is 0 Å². The molecular formula is C10H6Br2S2. The van der Waals surface area contributed by atoms with Crippen molar-refractivity contribution in [3.05, 3.63) is 41.6 Å². The maximum absolute atomic E-state index is 3.44. The molecule has 72 valence electrons. The zero-order valence-electron chi connectivity index (χ0n) is 7.04. The molecule has 14 heavy (non-hydrogen) atoms. The Balaban J connectivity index is 2.14. The summed E-state index contributed by atoms with van der Waals surface area (Å²) in [6, 6.07) is 8.34. The third-order valence-electron chi connectivity index (χ3n) is 1.60. The lowest BCUT2D eigenvalue weighted by Crippen LogP contribution is -1.56. The van der Waals surface area contributed by atoms with Crippen LogP contribution in [0.1, 0.15) is 9.75 Å². The number of rotatable bonds is 2. The molecular weight excluding hydrogens is 344 g/mol. The minimum absolute atomic E-state index is 1.17. The first kappa shape index (κ1) is 10.6. The van der Waals surface area contributed by atoms with Gasteiger partial charge in [0.2, 0.25) is 0 Å². The molecule has 4 heteroatoms. The van der Waals surface area contributed by atoms with Crippen LogP contribution in [0.2, 0.25) is 0 Å². The van der Waals surface area contributed by atoms with E-state index in [2.05, 4.69) is 68.3 Å². The number of hydrogen-bond donors (Lipinski definition) is 0. The van der Waals surface area contributed by atoms with Crippen molar-refractivity contribution in [2.24, 2.45) is 0 Å². The molecule has 0 saturated heterocycles. The summed E-state index contributed by atoms with van der Waals surface area (Å²) in [5, 5.41) is 0. The Morgan fingerprint density at radius 1 is 0.786 bits per heavy atom. The Morgan fingerprint density at radius 3 is 1.50 bits per heavy atom. The molecule has 0 amide bonds. The molecule has 2 aromatic heterocycles. The molecule has 0 spiro atoms. The molecule has 0 fully saturated rings. The number of thiophene rings is 2. The molecule has 2 rings (SSSR count). The van der Waals surface area contributed by atoms with Gasteiger partial charge in [0.1, 0.15) is 0 Å². The molecule has 0 aliphatic heterocycles. The van der Waals surface area contributed by atoms with Crippen LogP contribution in [-0.4, -0.2) is 0 Å². The fourth-order valence-corrected chi connectivity index (χ4v) is 3.65. The third-order valence-corrected chi connectivity index (χ3v) is 4.78. The van der Waals surface area contributed by atoms with Gasteiger partial charge in [-0.3, -0.25) is 0 Å². The fourth-order valence-electron chi connectivity index (χ4n) is 1.000. The van der Waals surface area contributed by atoms with Gasteiger partial charge in [-0.2, -0.15) is 0 Å². The average Bonchev–Trinajstić information content (AvgIpc) is 2.72. The fraction of sp³-hybridized carbons (Fsp3) is 0. The molecule has 0 radical (unpaired) electrons. The average molecular weight is 350 g/mol. The highest BCUT2D eigenvalue weighted by atomic mass is 79.9. The lowest BCUT2D eigenvalue weighted by atomic mass is 10.4. The summed E-state index contributed by atoms with van der Waals surface area (Å²) in [5.74, 6) is 0. The first-order valence-corrected chi connectivity index (χ1v) is 7.15. The van der Waals surface area contributed by atoms with Gasteiger partial charge in [0.25, 0.3) is 0 Å². The second kappa shape index (κ2) is 4.75. The largest absolute Gasteiger partial charge is 0.129 e. The highest BCUT2D eigenvalue weighted by Crippen LogP contribution is 2.26. The van der Waals surface area contributed by atoms with Crippen molar-refractivity contribution < 1.29 is 0 Å². The molecule has 0 saturated carbocycles. The van der Waals surface area contributed by atoms with Gasteiger partial charge in [-0.15, -0.1) is 22.7 Å². The van der Waals surface area contributed by atoms with Crippen LogP contribution in [0, 0.1) is 0 Å². The SMILES string of the molecule is Brc1ccc(C=Cc2ccc(Br)s2)s1. The molecule has 0 unspecified atom stereocenters. The predicted molar refractivity (Wildman–Crippen MR) is 73.0 cm³/mol. The molecule has 0 N–H and O–H groups in total. The quantitative estimate of drug-likeness (QED) is 0.671. The van der Waals surface area contributed by atoms with E-state index in [-0.39, 0.29) is 0 Å². The van der Waals surface area contributed by atoms with Crippen LogP contribution >= 0.6 is 54.5 Å². The molecule has 0 aliphatic carbocycles. The highest BCUT2D eigenvalue weighted by molar-refractivity contribution is 9.11. The van der Waals surface area contributed by atoms with Crippen molar-refractivity contribution in [3.63, 3.8) is 0 Å². The van der Waals surface area contributed by atoms with Crippen molar-refractivity contribution >= 4 is 66.7 Å². The molecule has 0 nitrogen and oxygen atoms in total. The molecule has 0 aliphatic rings. The molecule has 0 bridgehead atoms. The topological polar surface area (TPSA) is 0 Å². The van der Waals surface area contributed by atoms with Gasteiger partial charge < -0.3 is 0 Å². The summed E-state index contributed by atoms with van der Waals surface area (Å²) < 4.78 is 2.34. The minimum atomic E-state index is 1.17. The van der Waals surface area contributed by atoms with E-state index in [1.165, 1.54) is 17.3 Å². The smallest absolute Gasteiger partial charge is 0.0704 e. The van der Waals surface area contributed by atoms with Crippen molar-refractivity contribution in [2.75, 3.05) is 0 Å². The summed E-state index contributed by atoms with van der Waals surface area (Å²) in [6.07, 6.45) is 4.27. The van der Waals surface area contributed by atoms with Crippen molar-refractivity contribution in [3.8, 4) is 0 Å². The zero-order valence-corrected chi connectivity index (χ0v) is 11.8. The minimum Gasteiger partial charge on any atom is -0.129 e. The lowest BCUT2D eigenvalue weighted by molar-refractivity contribution is 1.91. The van der Waals surface area contributed by atoms with Crippen LogP contribution in [0.25, 0.3) is 12.2 Å². The summed E-state index contributed by atoms with van der Waals surface area (Å²) in [5.41, 5.74) is 0. The summed E-state index contributed by atoms with van der Waals surface area (Å²) in [4.78, 5) is 2.53. The van der Waals surface area contributed by atoms with Gasteiger partial charge in [0.15, 0.2) is 0 Å². The molecule has 0 aromatic carbocycles. The molecule has 0 atom stereocenters. The van der Waals surface area contributed by atoms with Crippen molar-refractivity contribution in [2.45, 2.75) is 0 Å². The Bertz CT molecular complexity index is 412. The molecule has 2 heterocycles. The van der Waals surface area contributed by atoms with Crippen molar-refractivity contribution in [1.82, 2.24) is 0 Å². The lowest BCUT2D eigenvalue weighted by Gasteiger charge is -1.83. The second-order valence-electron chi connectivity index (χ2n) is 2.62. The standard InChI is InChI=1S/C10H6Br2S2/c11-9-5-3-7(13-9)1-2-8-4-6-10(12)14-8/h1-6H. The Hall–Kier alpha value is 0.1000. The van der Waals surface area contributed by atoms with E-state index in [1.807, 2.05) is 0 Å². The maximum atomic E-state index is 3.44. The van der Waals surface area contributed by atoms with Crippen LogP contribution in [0.5, 0.6) is 0 Å². The normalized spacial score (nSPS) is 11.3. The van der Waals surface area contributed by atoms with Crippen LogP contribution < -0.4 is 0 Å².